The van der Waals surface area contributed by atoms with Crippen LogP contribution in [0.2, 0.25) is 0 Å². The van der Waals surface area contributed by atoms with Crippen molar-refractivity contribution in [3.63, 3.8) is 0 Å². The van der Waals surface area contributed by atoms with E-state index in [2.05, 4.69) is 41.1 Å². The van der Waals surface area contributed by atoms with E-state index in [9.17, 15) is 72.5 Å². The van der Waals surface area contributed by atoms with E-state index >= 15 is 0 Å². The molecule has 27 nitrogen and oxygen atoms in total. The number of amides is 9. The van der Waals surface area contributed by atoms with Crippen LogP contribution in [0.15, 0.2) is 61.1 Å². The summed E-state index contributed by atoms with van der Waals surface area (Å²) in [6.45, 7) is 1.14. The second-order valence-electron chi connectivity index (χ2n) is 14.8. The summed E-state index contributed by atoms with van der Waals surface area (Å²) in [5, 5.41) is 33.1. The molecule has 0 saturated carbocycles. The van der Waals surface area contributed by atoms with Gasteiger partial charge in [-0.25, -0.2) is 9.55 Å². The lowest BCUT2D eigenvalue weighted by Gasteiger charge is -2.27. The summed E-state index contributed by atoms with van der Waals surface area (Å²) in [6.07, 6.45) is -1.03. The number of nitrogens with one attached hydrogen (secondary N) is 7. The fraction of sp³-hybridized carbons (Fsp3) is 0.359. The minimum Gasteiger partial charge on any atom is -0.508 e. The molecule has 0 radical (unpaired) electrons. The molecule has 0 aliphatic heterocycles. The third-order valence-electron chi connectivity index (χ3n) is 9.29. The number of aromatic amines is 1. The van der Waals surface area contributed by atoms with Crippen LogP contribution in [-0.2, 0) is 71.8 Å². The van der Waals surface area contributed by atoms with Gasteiger partial charge in [-0.1, -0.05) is 24.3 Å². The SMILES string of the molecule is CC(=O)N[C@@H](Cc1cnc[nH]1)C(=O)N[C@@H](CCC(N)=O)C(=O)N[C@@H](Cc1ccc(OP(=O)(O)O)cc1)C(=O)N[C@@H](Cc1ccc(O)cc1)C(=O)N[C@@H](CC(N)=O)C(=O)N[C@@H](CC(=O)O)C(N)=O. The maximum absolute atomic E-state index is 14.4. The van der Waals surface area contributed by atoms with Gasteiger partial charge in [-0.2, -0.15) is 0 Å². The van der Waals surface area contributed by atoms with E-state index in [0.717, 1.165) is 19.1 Å². The van der Waals surface area contributed by atoms with Crippen molar-refractivity contribution < 1.29 is 77.0 Å². The summed E-state index contributed by atoms with van der Waals surface area (Å²) >= 11 is 0. The molecule has 9 amide bonds. The second-order valence-corrected chi connectivity index (χ2v) is 16.0. The van der Waals surface area contributed by atoms with Gasteiger partial charge < -0.3 is 68.8 Å². The highest BCUT2D eigenvalue weighted by atomic mass is 31.2. The molecule has 0 fully saturated rings. The molecule has 17 N–H and O–H groups in total. The van der Waals surface area contributed by atoms with E-state index in [-0.39, 0.29) is 23.5 Å². The maximum Gasteiger partial charge on any atom is 0.524 e. The predicted molar refractivity (Wildman–Crippen MR) is 228 cm³/mol. The Labute approximate surface area is 380 Å². The van der Waals surface area contributed by atoms with Gasteiger partial charge in [-0.05, 0) is 41.8 Å². The van der Waals surface area contributed by atoms with Gasteiger partial charge in [0.05, 0.1) is 19.2 Å². The first kappa shape index (κ1) is 53.4. The van der Waals surface area contributed by atoms with Crippen LogP contribution < -0.4 is 53.6 Å². The number of hydrogen-bond acceptors (Lipinski definition) is 14. The molecule has 0 aliphatic carbocycles. The number of carbonyl (C=O) groups is 10. The number of phenols is 1. The average molecular weight is 960 g/mol. The van der Waals surface area contributed by atoms with E-state index < -0.39 is 142 Å². The van der Waals surface area contributed by atoms with Gasteiger partial charge in [0.15, 0.2) is 0 Å². The molecule has 0 spiro atoms. The van der Waals surface area contributed by atoms with E-state index in [1.54, 1.807) is 0 Å². The van der Waals surface area contributed by atoms with Crippen molar-refractivity contribution in [2.45, 2.75) is 88.1 Å². The van der Waals surface area contributed by atoms with Crippen LogP contribution in [-0.4, -0.2) is 125 Å². The molecule has 362 valence electrons. The molecule has 0 aliphatic rings. The van der Waals surface area contributed by atoms with Crippen molar-refractivity contribution in [2.75, 3.05) is 0 Å². The van der Waals surface area contributed by atoms with Crippen molar-refractivity contribution in [3.05, 3.63) is 77.9 Å². The van der Waals surface area contributed by atoms with Crippen LogP contribution in [0.3, 0.4) is 0 Å². The zero-order chi connectivity index (χ0) is 50.0. The number of imidazole rings is 1. The van der Waals surface area contributed by atoms with Crippen LogP contribution in [0.5, 0.6) is 11.5 Å². The summed E-state index contributed by atoms with van der Waals surface area (Å²) in [7, 11) is -5.00. The number of primary amides is 3. The fourth-order valence-electron chi connectivity index (χ4n) is 6.14. The third-order valence-corrected chi connectivity index (χ3v) is 9.74. The van der Waals surface area contributed by atoms with Crippen LogP contribution in [0, 0.1) is 0 Å². The number of nitrogens with zero attached hydrogens (tertiary/aromatic N) is 1. The van der Waals surface area contributed by atoms with E-state index in [0.29, 0.717) is 11.3 Å². The highest BCUT2D eigenvalue weighted by Gasteiger charge is 2.35. The fourth-order valence-corrected chi connectivity index (χ4v) is 6.54. The van der Waals surface area contributed by atoms with Crippen molar-refractivity contribution >= 4 is 67.0 Å². The topological polar surface area (TPSA) is 457 Å². The van der Waals surface area contributed by atoms with Gasteiger partial charge in [-0.3, -0.25) is 57.7 Å². The first-order valence-electron chi connectivity index (χ1n) is 19.8. The van der Waals surface area contributed by atoms with Crippen LogP contribution >= 0.6 is 7.82 Å². The number of hydrogen-bond donors (Lipinski definition) is 14. The van der Waals surface area contributed by atoms with Gasteiger partial charge in [-0.15, -0.1) is 0 Å². The van der Waals surface area contributed by atoms with E-state index in [1.165, 1.54) is 48.9 Å². The average Bonchev–Trinajstić information content (AvgIpc) is 3.74. The van der Waals surface area contributed by atoms with E-state index in [4.69, 9.17) is 17.2 Å². The van der Waals surface area contributed by atoms with Crippen molar-refractivity contribution in [3.8, 4) is 11.5 Å². The number of H-pyrrole nitrogens is 1. The minimum atomic E-state index is -5.00. The summed E-state index contributed by atoms with van der Waals surface area (Å²) in [5.41, 5.74) is 16.8. The molecule has 3 aromatic rings. The Morgan fingerprint density at radius 1 is 0.642 bits per heavy atom. The maximum atomic E-state index is 14.4. The summed E-state index contributed by atoms with van der Waals surface area (Å²) < 4.78 is 16.0. The lowest BCUT2D eigenvalue weighted by Crippen LogP contribution is -2.60. The number of carboxylic acid groups (broad SMARTS) is 1. The van der Waals surface area contributed by atoms with Crippen LogP contribution in [0.25, 0.3) is 0 Å². The minimum absolute atomic E-state index is 0.122. The molecule has 28 heteroatoms. The Balaban J connectivity index is 2.05. The zero-order valence-electron chi connectivity index (χ0n) is 35.5. The number of aromatic nitrogens is 2. The van der Waals surface area contributed by atoms with Gasteiger partial charge in [0.2, 0.25) is 53.2 Å². The van der Waals surface area contributed by atoms with Gasteiger partial charge in [0.25, 0.3) is 0 Å². The first-order chi connectivity index (χ1) is 31.4. The molecule has 67 heavy (non-hydrogen) atoms. The molecular weight excluding hydrogens is 909 g/mol. The normalized spacial score (nSPS) is 13.7. The molecular formula is C39H50N11O16P. The van der Waals surface area contributed by atoms with E-state index in [1.807, 2.05) is 5.32 Å². The van der Waals surface area contributed by atoms with Crippen LogP contribution in [0.1, 0.15) is 49.4 Å². The number of phosphoric acid groups is 1. The number of carbonyl (C=O) groups excluding carboxylic acids is 9. The smallest absolute Gasteiger partial charge is 0.508 e. The van der Waals surface area contributed by atoms with Gasteiger partial charge in [0, 0.05) is 44.5 Å². The Hall–Kier alpha value is -7.90. The lowest BCUT2D eigenvalue weighted by atomic mass is 10.0. The summed E-state index contributed by atoms with van der Waals surface area (Å²) in [5.74, 6) is -11.5. The standard InChI is InChI=1S/C39H50N11O16P/c1-19(51)45-29(14-22-17-43-18-44-22)38(61)46-25(10-11-31(40)53)35(58)48-27(13-21-4-8-24(9-5-21)66-67(63,64)65)36(59)49-28(12-20-2-6-23(52)7-3-20)37(60)50-30(15-32(41)54)39(62)47-26(34(42)57)16-33(55)56/h2-9,17-18,25-30,52H,10-16H2,1H3,(H2,40,53)(H2,41,54)(H2,42,57)(H,43,44)(H,45,51)(H,46,61)(H,47,62)(H,48,58)(H,49,59)(H,50,60)(H,55,56)(H2,63,64,65)/t25-,26-,27-,28-,29-,30-/m0/s1. The molecule has 2 aromatic carbocycles. The first-order valence-corrected chi connectivity index (χ1v) is 21.4. The molecule has 3 rings (SSSR count). The number of benzene rings is 2. The number of phosphoric ester groups is 1. The van der Waals surface area contributed by atoms with Crippen molar-refractivity contribution in [2.24, 2.45) is 17.2 Å². The van der Waals surface area contributed by atoms with Crippen LogP contribution in [0.4, 0.5) is 0 Å². The third kappa shape index (κ3) is 19.4. The summed E-state index contributed by atoms with van der Waals surface area (Å²) in [4.78, 5) is 154. The number of rotatable bonds is 27. The second kappa shape index (κ2) is 25.0. The Bertz CT molecular complexity index is 2330. The predicted octanol–water partition coefficient (Wildman–Crippen LogP) is -4.36. The molecule has 1 aromatic heterocycles. The Morgan fingerprint density at radius 3 is 1.55 bits per heavy atom. The molecule has 6 atom stereocenters. The highest BCUT2D eigenvalue weighted by molar-refractivity contribution is 7.46. The quantitative estimate of drug-likeness (QED) is 0.0321. The largest absolute Gasteiger partial charge is 0.524 e. The van der Waals surface area contributed by atoms with Crippen molar-refractivity contribution in [1.29, 1.82) is 0 Å². The lowest BCUT2D eigenvalue weighted by molar-refractivity contribution is -0.141. The Morgan fingerprint density at radius 2 is 1.10 bits per heavy atom. The monoisotopic (exact) mass is 959 g/mol. The zero-order valence-corrected chi connectivity index (χ0v) is 36.4. The molecule has 0 bridgehead atoms. The van der Waals surface area contributed by atoms with Crippen molar-refractivity contribution in [1.82, 2.24) is 41.9 Å². The highest BCUT2D eigenvalue weighted by Crippen LogP contribution is 2.37. The summed E-state index contributed by atoms with van der Waals surface area (Å²) in [6, 6.07) is 0.0435. The van der Waals surface area contributed by atoms with Gasteiger partial charge >= 0.3 is 13.8 Å². The number of phenolic OH excluding ortho intramolecular Hbond substituents is 1. The van der Waals surface area contributed by atoms with Gasteiger partial charge in [0.1, 0.15) is 47.8 Å². The molecule has 0 unspecified atom stereocenters. The number of nitrogens with two attached hydrogens (primary N) is 3. The molecule has 1 heterocycles. The number of aromatic hydroxyl groups is 1. The number of carboxylic acids is 1. The number of aliphatic carboxylic acids is 1. The Kier molecular flexibility index (Phi) is 19.9. The molecule has 0 saturated heterocycles.